The van der Waals surface area contributed by atoms with Crippen LogP contribution >= 0.6 is 0 Å². The van der Waals surface area contributed by atoms with Gasteiger partial charge in [-0.2, -0.15) is 0 Å². The van der Waals surface area contributed by atoms with Crippen LogP contribution < -0.4 is 9.64 Å². The van der Waals surface area contributed by atoms with Crippen molar-refractivity contribution in [2.75, 3.05) is 32.8 Å². The maximum atomic E-state index is 13.1. The highest BCUT2D eigenvalue weighted by Gasteiger charge is 2.57. The predicted octanol–water partition coefficient (Wildman–Crippen LogP) is 3.50. The standard InChI is InChI=1S/C22H31NO5/c1-26-17-11-10-16-12-13-22(20(24)27-2,21(25)28-3)19-9-7-5-4-6-8-14-23(19)18(16)15-17/h10-11,15,19H,4-9,12-14H2,1-3H3. The summed E-state index contributed by atoms with van der Waals surface area (Å²) < 4.78 is 15.8. The Hall–Kier alpha value is -2.24. The van der Waals surface area contributed by atoms with E-state index < -0.39 is 17.4 Å². The molecule has 0 saturated carbocycles. The molecule has 0 aliphatic carbocycles. The van der Waals surface area contributed by atoms with Gasteiger partial charge in [-0.25, -0.2) is 0 Å². The first kappa shape index (κ1) is 20.5. The van der Waals surface area contributed by atoms with Crippen molar-refractivity contribution in [1.29, 1.82) is 0 Å². The SMILES string of the molecule is COC(=O)C1(C(=O)OC)CCc2ccc(OC)cc2N2CCCCCCCC21. The molecule has 2 aliphatic rings. The minimum absolute atomic E-state index is 0.293. The van der Waals surface area contributed by atoms with Crippen LogP contribution in [-0.2, 0) is 25.5 Å². The summed E-state index contributed by atoms with van der Waals surface area (Å²) in [6.45, 7) is 0.792. The van der Waals surface area contributed by atoms with Gasteiger partial charge in [0.2, 0.25) is 0 Å². The van der Waals surface area contributed by atoms with E-state index in [4.69, 9.17) is 14.2 Å². The van der Waals surface area contributed by atoms with Gasteiger partial charge < -0.3 is 19.1 Å². The van der Waals surface area contributed by atoms with Crippen molar-refractivity contribution in [1.82, 2.24) is 0 Å². The highest BCUT2D eigenvalue weighted by atomic mass is 16.5. The summed E-state index contributed by atoms with van der Waals surface area (Å²) in [5.74, 6) is -0.206. The fourth-order valence-electron chi connectivity index (χ4n) is 4.83. The fraction of sp³-hybridized carbons (Fsp3) is 0.636. The Kier molecular flexibility index (Phi) is 6.47. The molecule has 1 aromatic rings. The molecule has 0 amide bonds. The smallest absolute Gasteiger partial charge is 0.325 e. The van der Waals surface area contributed by atoms with E-state index in [1.807, 2.05) is 18.2 Å². The molecule has 6 nitrogen and oxygen atoms in total. The van der Waals surface area contributed by atoms with Crippen LogP contribution in [0.15, 0.2) is 18.2 Å². The van der Waals surface area contributed by atoms with Crippen LogP contribution in [0.5, 0.6) is 5.75 Å². The molecule has 3 rings (SSSR count). The van der Waals surface area contributed by atoms with Crippen molar-refractivity contribution < 1.29 is 23.8 Å². The van der Waals surface area contributed by atoms with Crippen molar-refractivity contribution in [3.63, 3.8) is 0 Å². The highest BCUT2D eigenvalue weighted by Crippen LogP contribution is 2.45. The minimum atomic E-state index is -1.32. The van der Waals surface area contributed by atoms with Gasteiger partial charge >= 0.3 is 11.9 Å². The van der Waals surface area contributed by atoms with Crippen LogP contribution in [0.25, 0.3) is 0 Å². The number of carbonyl (C=O) groups excluding carboxylic acids is 2. The minimum Gasteiger partial charge on any atom is -0.497 e. The molecule has 1 unspecified atom stereocenters. The number of hydrogen-bond acceptors (Lipinski definition) is 6. The summed E-state index contributed by atoms with van der Waals surface area (Å²) in [6, 6.07) is 5.72. The second kappa shape index (κ2) is 8.84. The molecule has 0 aromatic heterocycles. The van der Waals surface area contributed by atoms with Crippen molar-refractivity contribution in [3.05, 3.63) is 23.8 Å². The van der Waals surface area contributed by atoms with Crippen LogP contribution in [0.1, 0.15) is 50.5 Å². The number of fused-ring (bicyclic) bond motifs is 3. The second-order valence-corrected chi connectivity index (χ2v) is 7.71. The maximum absolute atomic E-state index is 13.1. The largest absolute Gasteiger partial charge is 0.497 e. The van der Waals surface area contributed by atoms with Crippen LogP contribution in [-0.4, -0.2) is 45.9 Å². The van der Waals surface area contributed by atoms with Gasteiger partial charge in [0.15, 0.2) is 5.41 Å². The molecule has 1 aromatic carbocycles. The second-order valence-electron chi connectivity index (χ2n) is 7.71. The van der Waals surface area contributed by atoms with E-state index in [2.05, 4.69) is 4.90 Å². The topological polar surface area (TPSA) is 65.1 Å². The summed E-state index contributed by atoms with van der Waals surface area (Å²) in [6.07, 6.45) is 7.15. The fourth-order valence-corrected chi connectivity index (χ4v) is 4.83. The molecular formula is C22H31NO5. The highest BCUT2D eigenvalue weighted by molar-refractivity contribution is 6.02. The molecule has 6 heteroatoms. The first-order valence-electron chi connectivity index (χ1n) is 10.2. The number of methoxy groups -OCH3 is 3. The molecule has 0 spiro atoms. The first-order valence-corrected chi connectivity index (χ1v) is 10.2. The number of ether oxygens (including phenoxy) is 3. The van der Waals surface area contributed by atoms with E-state index in [0.717, 1.165) is 55.6 Å². The quantitative estimate of drug-likeness (QED) is 0.582. The number of hydrogen-bond donors (Lipinski definition) is 0. The monoisotopic (exact) mass is 389 g/mol. The zero-order chi connectivity index (χ0) is 20.1. The Balaban J connectivity index is 2.18. The molecule has 154 valence electrons. The Bertz CT molecular complexity index is 701. The summed E-state index contributed by atoms with van der Waals surface area (Å²) in [4.78, 5) is 28.4. The van der Waals surface area contributed by atoms with E-state index in [9.17, 15) is 9.59 Å². The number of aryl methyl sites for hydroxylation is 1. The van der Waals surface area contributed by atoms with Crippen LogP contribution in [0.2, 0.25) is 0 Å². The molecule has 1 fully saturated rings. The van der Waals surface area contributed by atoms with Crippen LogP contribution in [0.3, 0.4) is 0 Å². The zero-order valence-electron chi connectivity index (χ0n) is 17.2. The molecule has 2 heterocycles. The van der Waals surface area contributed by atoms with E-state index in [1.165, 1.54) is 20.6 Å². The number of anilines is 1. The molecule has 0 bridgehead atoms. The zero-order valence-corrected chi connectivity index (χ0v) is 17.2. The molecule has 0 radical (unpaired) electrons. The normalized spacial score (nSPS) is 21.7. The third kappa shape index (κ3) is 3.56. The maximum Gasteiger partial charge on any atom is 0.325 e. The predicted molar refractivity (Wildman–Crippen MR) is 107 cm³/mol. The summed E-state index contributed by atoms with van der Waals surface area (Å²) in [5, 5.41) is 0. The van der Waals surface area contributed by atoms with Gasteiger partial charge in [-0.15, -0.1) is 0 Å². The van der Waals surface area contributed by atoms with Crippen molar-refractivity contribution in [2.24, 2.45) is 5.41 Å². The number of nitrogens with zero attached hydrogens (tertiary/aromatic N) is 1. The van der Waals surface area contributed by atoms with Gasteiger partial charge in [0.25, 0.3) is 0 Å². The average Bonchev–Trinajstić information content (AvgIpc) is 2.79. The van der Waals surface area contributed by atoms with Gasteiger partial charge in [-0.1, -0.05) is 31.7 Å². The van der Waals surface area contributed by atoms with Gasteiger partial charge in [-0.05, 0) is 37.3 Å². The lowest BCUT2D eigenvalue weighted by Gasteiger charge is -2.42. The Morgan fingerprint density at radius 2 is 1.68 bits per heavy atom. The van der Waals surface area contributed by atoms with Gasteiger partial charge in [-0.3, -0.25) is 9.59 Å². The van der Waals surface area contributed by atoms with Crippen LogP contribution in [0, 0.1) is 5.41 Å². The number of rotatable bonds is 3. The Morgan fingerprint density at radius 1 is 1.00 bits per heavy atom. The molecular weight excluding hydrogens is 358 g/mol. The summed E-state index contributed by atoms with van der Waals surface area (Å²) in [5.41, 5.74) is 0.862. The van der Waals surface area contributed by atoms with E-state index in [1.54, 1.807) is 7.11 Å². The summed E-state index contributed by atoms with van der Waals surface area (Å²) >= 11 is 0. The van der Waals surface area contributed by atoms with E-state index in [-0.39, 0.29) is 6.04 Å². The number of benzene rings is 1. The lowest BCUT2D eigenvalue weighted by molar-refractivity contribution is -0.171. The molecule has 28 heavy (non-hydrogen) atoms. The summed E-state index contributed by atoms with van der Waals surface area (Å²) in [7, 11) is 4.36. The Morgan fingerprint density at radius 3 is 2.36 bits per heavy atom. The first-order chi connectivity index (χ1) is 13.6. The third-order valence-corrected chi connectivity index (χ3v) is 6.31. The molecule has 2 aliphatic heterocycles. The van der Waals surface area contributed by atoms with Crippen molar-refractivity contribution in [2.45, 2.75) is 57.4 Å². The van der Waals surface area contributed by atoms with Crippen molar-refractivity contribution >= 4 is 17.6 Å². The van der Waals surface area contributed by atoms with Crippen molar-refractivity contribution in [3.8, 4) is 5.75 Å². The van der Waals surface area contributed by atoms with Crippen LogP contribution in [0.4, 0.5) is 5.69 Å². The molecule has 1 atom stereocenters. The van der Waals surface area contributed by atoms with Gasteiger partial charge in [0.1, 0.15) is 5.75 Å². The van der Waals surface area contributed by atoms with E-state index >= 15 is 0 Å². The third-order valence-electron chi connectivity index (χ3n) is 6.31. The molecule has 1 saturated heterocycles. The Labute approximate surface area is 167 Å². The van der Waals surface area contributed by atoms with Gasteiger partial charge in [0.05, 0.1) is 27.4 Å². The lowest BCUT2D eigenvalue weighted by Crippen LogP contribution is -2.57. The van der Waals surface area contributed by atoms with E-state index in [0.29, 0.717) is 12.8 Å². The lowest BCUT2D eigenvalue weighted by atomic mass is 9.73. The number of carbonyl (C=O) groups is 2. The van der Waals surface area contributed by atoms with Gasteiger partial charge in [0, 0.05) is 18.3 Å². The number of esters is 2. The molecule has 0 N–H and O–H groups in total. The average molecular weight is 389 g/mol.